The molecule has 0 radical (unpaired) electrons. The second-order valence-electron chi connectivity index (χ2n) is 5.50. The number of hydrogen-bond acceptors (Lipinski definition) is 2. The summed E-state index contributed by atoms with van der Waals surface area (Å²) in [6.45, 7) is 6.77. The Kier molecular flexibility index (Phi) is 3.90. The summed E-state index contributed by atoms with van der Waals surface area (Å²) in [6.07, 6.45) is 3.67. The van der Waals surface area contributed by atoms with Gasteiger partial charge in [-0.2, -0.15) is 0 Å². The number of hydrogen-bond donors (Lipinski definition) is 1. The van der Waals surface area contributed by atoms with Crippen molar-refractivity contribution in [3.8, 4) is 0 Å². The molecular formula is C15H23N3. The number of nitrogen functional groups attached to an aromatic ring is 1. The number of nitrogens with two attached hydrogens (primary N) is 1. The highest BCUT2D eigenvalue weighted by Gasteiger charge is 2.13. The molecule has 0 bridgehead atoms. The first-order valence-electron chi connectivity index (χ1n) is 6.82. The third-order valence-corrected chi connectivity index (χ3v) is 3.47. The average Bonchev–Trinajstić information content (AvgIpc) is 2.64. The van der Waals surface area contributed by atoms with Crippen molar-refractivity contribution in [3.05, 3.63) is 24.3 Å². The van der Waals surface area contributed by atoms with Crippen molar-refractivity contribution < 1.29 is 0 Å². The van der Waals surface area contributed by atoms with Crippen LogP contribution in [0.25, 0.3) is 11.0 Å². The van der Waals surface area contributed by atoms with E-state index in [1.54, 1.807) is 0 Å². The van der Waals surface area contributed by atoms with Gasteiger partial charge in [0, 0.05) is 6.04 Å². The summed E-state index contributed by atoms with van der Waals surface area (Å²) in [6, 6.07) is 8.57. The lowest BCUT2D eigenvalue weighted by Gasteiger charge is -2.16. The molecule has 2 aromatic rings. The van der Waals surface area contributed by atoms with Crippen LogP contribution in [0, 0.1) is 5.92 Å². The molecule has 0 aliphatic heterocycles. The Morgan fingerprint density at radius 1 is 1.17 bits per heavy atom. The van der Waals surface area contributed by atoms with Crippen LogP contribution in [0.1, 0.15) is 46.1 Å². The van der Waals surface area contributed by atoms with Gasteiger partial charge in [0.1, 0.15) is 0 Å². The van der Waals surface area contributed by atoms with Crippen LogP contribution < -0.4 is 5.73 Å². The van der Waals surface area contributed by atoms with E-state index in [1.807, 2.05) is 18.2 Å². The van der Waals surface area contributed by atoms with Crippen molar-refractivity contribution in [3.63, 3.8) is 0 Å². The van der Waals surface area contributed by atoms with Gasteiger partial charge in [-0.05, 0) is 31.4 Å². The van der Waals surface area contributed by atoms with E-state index in [0.29, 0.717) is 12.0 Å². The zero-order valence-electron chi connectivity index (χ0n) is 11.6. The summed E-state index contributed by atoms with van der Waals surface area (Å²) >= 11 is 0. The Labute approximate surface area is 109 Å². The maximum Gasteiger partial charge on any atom is 0.201 e. The molecule has 18 heavy (non-hydrogen) atoms. The number of benzene rings is 1. The third kappa shape index (κ3) is 2.66. The van der Waals surface area contributed by atoms with Gasteiger partial charge in [-0.15, -0.1) is 0 Å². The number of para-hydroxylation sites is 2. The highest BCUT2D eigenvalue weighted by Crippen LogP contribution is 2.26. The summed E-state index contributed by atoms with van der Waals surface area (Å²) in [5.74, 6) is 1.40. The number of fused-ring (bicyclic) bond motifs is 1. The minimum atomic E-state index is 0.413. The molecule has 0 fully saturated rings. The molecule has 1 atom stereocenters. The van der Waals surface area contributed by atoms with Gasteiger partial charge < -0.3 is 10.3 Å². The molecule has 1 aromatic carbocycles. The normalized spacial score (nSPS) is 13.3. The zero-order chi connectivity index (χ0) is 13.1. The molecule has 1 heterocycles. The van der Waals surface area contributed by atoms with Crippen molar-refractivity contribution in [1.82, 2.24) is 9.55 Å². The van der Waals surface area contributed by atoms with E-state index in [4.69, 9.17) is 5.73 Å². The number of rotatable bonds is 5. The zero-order valence-corrected chi connectivity index (χ0v) is 11.6. The number of aromatic nitrogens is 2. The highest BCUT2D eigenvalue weighted by atomic mass is 15.2. The Bertz CT molecular complexity index is 513. The van der Waals surface area contributed by atoms with Crippen molar-refractivity contribution in [2.75, 3.05) is 5.73 Å². The van der Waals surface area contributed by atoms with Crippen LogP contribution in [-0.4, -0.2) is 9.55 Å². The molecule has 1 aromatic heterocycles. The van der Waals surface area contributed by atoms with Crippen molar-refractivity contribution >= 4 is 17.0 Å². The molecule has 0 spiro atoms. The second kappa shape index (κ2) is 5.42. The number of nitrogens with zero attached hydrogens (tertiary/aromatic N) is 2. The minimum absolute atomic E-state index is 0.413. The summed E-state index contributed by atoms with van der Waals surface area (Å²) < 4.78 is 2.16. The third-order valence-electron chi connectivity index (χ3n) is 3.47. The summed E-state index contributed by atoms with van der Waals surface area (Å²) in [5, 5.41) is 0. The van der Waals surface area contributed by atoms with E-state index >= 15 is 0 Å². The fourth-order valence-electron chi connectivity index (χ4n) is 2.48. The van der Waals surface area contributed by atoms with Crippen molar-refractivity contribution in [2.45, 2.75) is 46.1 Å². The molecule has 3 heteroatoms. The number of anilines is 1. The first-order chi connectivity index (χ1) is 8.59. The van der Waals surface area contributed by atoms with Crippen LogP contribution in [0.5, 0.6) is 0 Å². The Morgan fingerprint density at radius 2 is 1.89 bits per heavy atom. The average molecular weight is 245 g/mol. The maximum atomic E-state index is 6.04. The van der Waals surface area contributed by atoms with Gasteiger partial charge in [-0.3, -0.25) is 0 Å². The van der Waals surface area contributed by atoms with Crippen LogP contribution in [0.4, 0.5) is 5.95 Å². The van der Waals surface area contributed by atoms with Crippen LogP contribution in [0.2, 0.25) is 0 Å². The standard InChI is InChI=1S/C15H23N3/c1-11(2)7-6-8-12(3)18-14-10-5-4-9-13(14)17-15(18)16/h4-5,9-12H,6-8H2,1-3H3,(H2,16,17). The van der Waals surface area contributed by atoms with Crippen LogP contribution >= 0.6 is 0 Å². The lowest BCUT2D eigenvalue weighted by molar-refractivity contribution is 0.457. The molecule has 0 amide bonds. The fourth-order valence-corrected chi connectivity index (χ4v) is 2.48. The first kappa shape index (κ1) is 12.9. The van der Waals surface area contributed by atoms with Crippen molar-refractivity contribution in [2.24, 2.45) is 5.92 Å². The quantitative estimate of drug-likeness (QED) is 0.865. The summed E-state index contributed by atoms with van der Waals surface area (Å²) in [5.41, 5.74) is 8.17. The lowest BCUT2D eigenvalue weighted by Crippen LogP contribution is -2.09. The van der Waals surface area contributed by atoms with E-state index in [-0.39, 0.29) is 0 Å². The molecule has 0 aliphatic carbocycles. The Morgan fingerprint density at radius 3 is 2.61 bits per heavy atom. The molecule has 1 unspecified atom stereocenters. The predicted octanol–water partition coefficient (Wildman–Crippen LogP) is 4.01. The second-order valence-corrected chi connectivity index (χ2v) is 5.50. The van der Waals surface area contributed by atoms with Gasteiger partial charge in [0.2, 0.25) is 5.95 Å². The molecule has 2 rings (SSSR count). The fraction of sp³-hybridized carbons (Fsp3) is 0.533. The van der Waals surface area contributed by atoms with Crippen molar-refractivity contribution in [1.29, 1.82) is 0 Å². The SMILES string of the molecule is CC(C)CCCC(C)n1c(N)nc2ccccc21. The lowest BCUT2D eigenvalue weighted by atomic mass is 10.0. The molecule has 3 nitrogen and oxygen atoms in total. The summed E-state index contributed by atoms with van der Waals surface area (Å²) in [4.78, 5) is 4.42. The van der Waals surface area contributed by atoms with E-state index in [1.165, 1.54) is 12.8 Å². The molecule has 2 N–H and O–H groups in total. The molecule has 0 saturated carbocycles. The van der Waals surface area contributed by atoms with E-state index in [0.717, 1.165) is 23.4 Å². The van der Waals surface area contributed by atoms with Gasteiger partial charge >= 0.3 is 0 Å². The largest absolute Gasteiger partial charge is 0.369 e. The van der Waals surface area contributed by atoms with Crippen LogP contribution in [0.3, 0.4) is 0 Å². The molecule has 0 saturated heterocycles. The smallest absolute Gasteiger partial charge is 0.201 e. The topological polar surface area (TPSA) is 43.8 Å². The minimum Gasteiger partial charge on any atom is -0.369 e. The first-order valence-corrected chi connectivity index (χ1v) is 6.82. The van der Waals surface area contributed by atoms with Gasteiger partial charge in [0.05, 0.1) is 11.0 Å². The van der Waals surface area contributed by atoms with E-state index < -0.39 is 0 Å². The van der Waals surface area contributed by atoms with Gasteiger partial charge in [-0.25, -0.2) is 4.98 Å². The van der Waals surface area contributed by atoms with Gasteiger partial charge in [0.25, 0.3) is 0 Å². The Balaban J connectivity index is 2.16. The van der Waals surface area contributed by atoms with Gasteiger partial charge in [0.15, 0.2) is 0 Å². The molecular weight excluding hydrogens is 222 g/mol. The van der Waals surface area contributed by atoms with E-state index in [9.17, 15) is 0 Å². The highest BCUT2D eigenvalue weighted by molar-refractivity contribution is 5.78. The van der Waals surface area contributed by atoms with Gasteiger partial charge in [-0.1, -0.05) is 38.8 Å². The monoisotopic (exact) mass is 245 g/mol. The maximum absolute atomic E-state index is 6.04. The molecule has 0 aliphatic rings. The molecule has 98 valence electrons. The van der Waals surface area contributed by atoms with Crippen LogP contribution in [-0.2, 0) is 0 Å². The summed E-state index contributed by atoms with van der Waals surface area (Å²) in [7, 11) is 0. The van der Waals surface area contributed by atoms with Crippen LogP contribution in [0.15, 0.2) is 24.3 Å². The number of imidazole rings is 1. The van der Waals surface area contributed by atoms with E-state index in [2.05, 4.69) is 36.4 Å². The Hall–Kier alpha value is -1.51. The predicted molar refractivity (Wildman–Crippen MR) is 77.5 cm³/mol.